The first-order valence-electron chi connectivity index (χ1n) is 8.05. The van der Waals surface area contributed by atoms with Gasteiger partial charge in [-0.05, 0) is 49.9 Å². The number of sulfonamides is 1. The van der Waals surface area contributed by atoms with E-state index in [9.17, 15) is 13.2 Å². The van der Waals surface area contributed by atoms with E-state index in [0.717, 1.165) is 17.4 Å². The Balaban J connectivity index is 3.08. The van der Waals surface area contributed by atoms with Gasteiger partial charge in [-0.1, -0.05) is 13.0 Å². The summed E-state index contributed by atoms with van der Waals surface area (Å²) in [4.78, 5) is 12.5. The lowest BCUT2D eigenvalue weighted by Gasteiger charge is -2.30. The number of aryl methyl sites for hydroxylation is 2. The van der Waals surface area contributed by atoms with Crippen LogP contribution in [-0.4, -0.2) is 46.9 Å². The fraction of sp³-hybridized carbons (Fsp3) is 0.588. The molecule has 136 valence electrons. The van der Waals surface area contributed by atoms with Crippen LogP contribution in [0.15, 0.2) is 18.2 Å². The summed E-state index contributed by atoms with van der Waals surface area (Å²) in [6, 6.07) is 4.64. The second-order valence-corrected chi connectivity index (χ2v) is 7.75. The highest BCUT2D eigenvalue weighted by molar-refractivity contribution is 7.92. The molecule has 7 heteroatoms. The van der Waals surface area contributed by atoms with E-state index in [1.54, 1.807) is 26.2 Å². The van der Waals surface area contributed by atoms with E-state index in [0.29, 0.717) is 31.7 Å². The maximum atomic E-state index is 12.5. The van der Waals surface area contributed by atoms with E-state index >= 15 is 0 Å². The molecule has 0 bridgehead atoms. The van der Waals surface area contributed by atoms with Crippen molar-refractivity contribution in [2.45, 2.75) is 39.7 Å². The predicted molar refractivity (Wildman–Crippen MR) is 96.8 cm³/mol. The fourth-order valence-electron chi connectivity index (χ4n) is 2.47. The molecule has 0 aromatic heterocycles. The lowest BCUT2D eigenvalue weighted by Crippen LogP contribution is -2.49. The van der Waals surface area contributed by atoms with Crippen molar-refractivity contribution in [3.8, 4) is 0 Å². The van der Waals surface area contributed by atoms with Crippen molar-refractivity contribution in [3.05, 3.63) is 29.3 Å². The molecule has 0 heterocycles. The van der Waals surface area contributed by atoms with Gasteiger partial charge in [0.25, 0.3) is 0 Å². The first-order chi connectivity index (χ1) is 11.2. The highest BCUT2D eigenvalue weighted by atomic mass is 32.2. The highest BCUT2D eigenvalue weighted by Gasteiger charge is 2.31. The Morgan fingerprint density at radius 2 is 1.96 bits per heavy atom. The van der Waals surface area contributed by atoms with Crippen LogP contribution < -0.4 is 9.62 Å². The molecule has 1 aromatic carbocycles. The minimum absolute atomic E-state index is 0.294. The molecule has 0 unspecified atom stereocenters. The standard InChI is InChI=1S/C17H28N2O4S/c1-6-16(17(20)18-10-7-11-23-4)19(24(5,21)22)15-9-8-13(2)14(3)12-15/h8-9,12,16H,6-7,10-11H2,1-5H3,(H,18,20)/t16-/m0/s1. The van der Waals surface area contributed by atoms with Crippen LogP contribution in [0.3, 0.4) is 0 Å². The number of anilines is 1. The smallest absolute Gasteiger partial charge is 0.243 e. The van der Waals surface area contributed by atoms with Crippen molar-refractivity contribution >= 4 is 21.6 Å². The summed E-state index contributed by atoms with van der Waals surface area (Å²) in [5.74, 6) is -0.294. The van der Waals surface area contributed by atoms with Crippen molar-refractivity contribution in [2.24, 2.45) is 0 Å². The summed E-state index contributed by atoms with van der Waals surface area (Å²) >= 11 is 0. The zero-order valence-electron chi connectivity index (χ0n) is 15.1. The zero-order chi connectivity index (χ0) is 18.3. The molecular weight excluding hydrogens is 328 g/mol. The lowest BCUT2D eigenvalue weighted by molar-refractivity contribution is -0.122. The molecular formula is C17H28N2O4S. The average molecular weight is 356 g/mol. The second kappa shape index (κ2) is 9.03. The Hall–Kier alpha value is -1.60. The van der Waals surface area contributed by atoms with Crippen LogP contribution >= 0.6 is 0 Å². The summed E-state index contributed by atoms with van der Waals surface area (Å²) in [5, 5.41) is 2.79. The van der Waals surface area contributed by atoms with E-state index in [1.807, 2.05) is 19.9 Å². The monoisotopic (exact) mass is 356 g/mol. The number of methoxy groups -OCH3 is 1. The summed E-state index contributed by atoms with van der Waals surface area (Å²) in [7, 11) is -1.99. The Bertz CT molecular complexity index is 659. The average Bonchev–Trinajstić information content (AvgIpc) is 2.50. The maximum absolute atomic E-state index is 12.5. The largest absolute Gasteiger partial charge is 0.385 e. The van der Waals surface area contributed by atoms with Crippen LogP contribution in [0.2, 0.25) is 0 Å². The minimum Gasteiger partial charge on any atom is -0.385 e. The van der Waals surface area contributed by atoms with Crippen molar-refractivity contribution in [2.75, 3.05) is 30.8 Å². The van der Waals surface area contributed by atoms with Gasteiger partial charge in [-0.25, -0.2) is 8.42 Å². The maximum Gasteiger partial charge on any atom is 0.243 e. The normalized spacial score (nSPS) is 12.7. The van der Waals surface area contributed by atoms with E-state index in [-0.39, 0.29) is 5.91 Å². The van der Waals surface area contributed by atoms with Crippen molar-refractivity contribution in [3.63, 3.8) is 0 Å². The number of carbonyl (C=O) groups is 1. The SMILES string of the molecule is CC[C@@H](C(=O)NCCCOC)N(c1ccc(C)c(C)c1)S(C)(=O)=O. The van der Waals surface area contributed by atoms with Gasteiger partial charge < -0.3 is 10.1 Å². The number of hydrogen-bond acceptors (Lipinski definition) is 4. The van der Waals surface area contributed by atoms with Gasteiger partial charge in [-0.2, -0.15) is 0 Å². The molecule has 24 heavy (non-hydrogen) atoms. The summed E-state index contributed by atoms with van der Waals surface area (Å²) in [5.41, 5.74) is 2.57. The summed E-state index contributed by atoms with van der Waals surface area (Å²) < 4.78 is 30.8. The molecule has 0 aliphatic heterocycles. The topological polar surface area (TPSA) is 75.7 Å². The molecule has 0 radical (unpaired) electrons. The van der Waals surface area contributed by atoms with Gasteiger partial charge in [-0.3, -0.25) is 9.10 Å². The number of nitrogens with one attached hydrogen (secondary N) is 1. The van der Waals surface area contributed by atoms with Crippen LogP contribution in [0.4, 0.5) is 5.69 Å². The minimum atomic E-state index is -3.59. The predicted octanol–water partition coefficient (Wildman–Crippen LogP) is 2.00. The van der Waals surface area contributed by atoms with Gasteiger partial charge in [0.1, 0.15) is 6.04 Å². The number of carbonyl (C=O) groups excluding carboxylic acids is 1. The number of amides is 1. The van der Waals surface area contributed by atoms with Crippen LogP contribution in [0.25, 0.3) is 0 Å². The molecule has 6 nitrogen and oxygen atoms in total. The number of ether oxygens (including phenoxy) is 1. The molecule has 0 saturated carbocycles. The molecule has 0 saturated heterocycles. The van der Waals surface area contributed by atoms with Crippen LogP contribution in [0.1, 0.15) is 30.9 Å². The Morgan fingerprint density at radius 1 is 1.29 bits per heavy atom. The van der Waals surface area contributed by atoms with E-state index in [4.69, 9.17) is 4.74 Å². The van der Waals surface area contributed by atoms with Gasteiger partial charge in [0.2, 0.25) is 15.9 Å². The van der Waals surface area contributed by atoms with E-state index < -0.39 is 16.1 Å². The summed E-state index contributed by atoms with van der Waals surface area (Å²) in [6.07, 6.45) is 2.19. The van der Waals surface area contributed by atoms with Gasteiger partial charge in [-0.15, -0.1) is 0 Å². The molecule has 1 aromatic rings. The zero-order valence-corrected chi connectivity index (χ0v) is 15.9. The number of rotatable bonds is 9. The third-order valence-electron chi connectivity index (χ3n) is 3.90. The number of hydrogen-bond donors (Lipinski definition) is 1. The van der Waals surface area contributed by atoms with Crippen LogP contribution in [0.5, 0.6) is 0 Å². The molecule has 1 atom stereocenters. The van der Waals surface area contributed by atoms with Gasteiger partial charge in [0, 0.05) is 20.3 Å². The van der Waals surface area contributed by atoms with Gasteiger partial charge in [0.15, 0.2) is 0 Å². The third-order valence-corrected chi connectivity index (χ3v) is 5.08. The summed E-state index contributed by atoms with van der Waals surface area (Å²) in [6.45, 7) is 6.69. The Kier molecular flexibility index (Phi) is 7.69. The fourth-order valence-corrected chi connectivity index (χ4v) is 3.67. The van der Waals surface area contributed by atoms with Crippen molar-refractivity contribution < 1.29 is 17.9 Å². The molecule has 0 fully saturated rings. The lowest BCUT2D eigenvalue weighted by atomic mass is 10.1. The van der Waals surface area contributed by atoms with E-state index in [2.05, 4.69) is 5.32 Å². The first kappa shape index (κ1) is 20.4. The molecule has 0 aliphatic carbocycles. The highest BCUT2D eigenvalue weighted by Crippen LogP contribution is 2.25. The Labute approximate surface area is 145 Å². The van der Waals surface area contributed by atoms with Crippen molar-refractivity contribution in [1.29, 1.82) is 0 Å². The van der Waals surface area contributed by atoms with Crippen LogP contribution in [0, 0.1) is 13.8 Å². The third kappa shape index (κ3) is 5.49. The molecule has 1 amide bonds. The number of nitrogens with zero attached hydrogens (tertiary/aromatic N) is 1. The first-order valence-corrected chi connectivity index (χ1v) is 9.90. The molecule has 1 N–H and O–H groups in total. The molecule has 0 spiro atoms. The molecule has 0 aliphatic rings. The molecule has 1 rings (SSSR count). The van der Waals surface area contributed by atoms with Crippen molar-refractivity contribution in [1.82, 2.24) is 5.32 Å². The Morgan fingerprint density at radius 3 is 2.46 bits per heavy atom. The van der Waals surface area contributed by atoms with Gasteiger partial charge in [0.05, 0.1) is 11.9 Å². The van der Waals surface area contributed by atoms with Gasteiger partial charge >= 0.3 is 0 Å². The quantitative estimate of drug-likeness (QED) is 0.687. The second-order valence-electron chi connectivity index (χ2n) is 5.89. The number of benzene rings is 1. The van der Waals surface area contributed by atoms with Crippen LogP contribution in [-0.2, 0) is 19.6 Å². The van der Waals surface area contributed by atoms with E-state index in [1.165, 1.54) is 4.31 Å².